The largest absolute Gasteiger partial charge is 0.337 e. The van der Waals surface area contributed by atoms with Crippen LogP contribution in [-0.4, -0.2) is 38.9 Å². The van der Waals surface area contributed by atoms with Crippen molar-refractivity contribution in [2.45, 2.75) is 30.6 Å². The average Bonchev–Trinajstić information content (AvgIpc) is 2.74. The molecule has 1 aromatic rings. The Morgan fingerprint density at radius 1 is 1.27 bits per heavy atom. The third-order valence-corrected chi connectivity index (χ3v) is 3.88. The fraction of sp³-hybridized carbons (Fsp3) is 0.727. The third kappa shape index (κ3) is 3.61. The first-order valence-corrected chi connectivity index (χ1v) is 6.58. The smallest absolute Gasteiger partial charge is 0.0945 e. The van der Waals surface area contributed by atoms with Crippen LogP contribution in [0.25, 0.3) is 0 Å². The van der Waals surface area contributed by atoms with Crippen molar-refractivity contribution >= 4 is 15.9 Å². The Morgan fingerprint density at radius 3 is 2.73 bits per heavy atom. The van der Waals surface area contributed by atoms with Crippen LogP contribution in [0.2, 0.25) is 0 Å². The van der Waals surface area contributed by atoms with Gasteiger partial charge in [0, 0.05) is 23.8 Å². The van der Waals surface area contributed by atoms with Gasteiger partial charge in [0.2, 0.25) is 0 Å². The van der Waals surface area contributed by atoms with E-state index < -0.39 is 0 Å². The lowest BCUT2D eigenvalue weighted by Gasteiger charge is -2.29. The molecule has 84 valence electrons. The highest BCUT2D eigenvalue weighted by atomic mass is 79.9. The summed E-state index contributed by atoms with van der Waals surface area (Å²) in [4.78, 5) is 7.36. The number of aromatic nitrogens is 2. The molecule has 1 saturated heterocycles. The van der Waals surface area contributed by atoms with E-state index in [4.69, 9.17) is 0 Å². The van der Waals surface area contributed by atoms with Crippen molar-refractivity contribution in [2.75, 3.05) is 19.6 Å². The molecule has 0 unspecified atom stereocenters. The quantitative estimate of drug-likeness (QED) is 0.783. The van der Waals surface area contributed by atoms with E-state index in [0.29, 0.717) is 0 Å². The van der Waals surface area contributed by atoms with Crippen molar-refractivity contribution in [3.05, 3.63) is 18.7 Å². The van der Waals surface area contributed by atoms with E-state index in [1.807, 2.05) is 18.7 Å². The SMILES string of the molecule is BrC1CCN(CCCn2ccnc2)CC1. The molecule has 0 atom stereocenters. The molecule has 0 bridgehead atoms. The van der Waals surface area contributed by atoms with Gasteiger partial charge in [-0.3, -0.25) is 0 Å². The molecule has 0 aromatic carbocycles. The van der Waals surface area contributed by atoms with Gasteiger partial charge in [0.1, 0.15) is 0 Å². The maximum absolute atomic E-state index is 4.04. The molecular weight excluding hydrogens is 254 g/mol. The van der Waals surface area contributed by atoms with Crippen LogP contribution in [0.15, 0.2) is 18.7 Å². The fourth-order valence-electron chi connectivity index (χ4n) is 2.02. The summed E-state index contributed by atoms with van der Waals surface area (Å²) < 4.78 is 2.15. The van der Waals surface area contributed by atoms with Gasteiger partial charge in [0.25, 0.3) is 0 Å². The molecule has 1 aliphatic heterocycles. The maximum atomic E-state index is 4.04. The number of halogens is 1. The number of nitrogens with zero attached hydrogens (tertiary/aromatic N) is 3. The molecule has 0 spiro atoms. The van der Waals surface area contributed by atoms with Crippen LogP contribution in [-0.2, 0) is 6.54 Å². The van der Waals surface area contributed by atoms with E-state index >= 15 is 0 Å². The Kier molecular flexibility index (Phi) is 4.20. The van der Waals surface area contributed by atoms with E-state index in [1.165, 1.54) is 38.9 Å². The predicted molar refractivity (Wildman–Crippen MR) is 65.2 cm³/mol. The second-order valence-electron chi connectivity index (χ2n) is 4.17. The minimum Gasteiger partial charge on any atom is -0.337 e. The van der Waals surface area contributed by atoms with E-state index in [9.17, 15) is 0 Å². The Bertz CT molecular complexity index is 265. The zero-order valence-electron chi connectivity index (χ0n) is 8.98. The molecule has 2 rings (SSSR count). The van der Waals surface area contributed by atoms with Gasteiger partial charge < -0.3 is 9.47 Å². The van der Waals surface area contributed by atoms with Crippen LogP contribution in [0.4, 0.5) is 0 Å². The predicted octanol–water partition coefficient (Wildman–Crippen LogP) is 2.13. The van der Waals surface area contributed by atoms with Crippen molar-refractivity contribution < 1.29 is 0 Å². The third-order valence-electron chi connectivity index (χ3n) is 2.97. The van der Waals surface area contributed by atoms with Gasteiger partial charge in [-0.15, -0.1) is 0 Å². The topological polar surface area (TPSA) is 21.1 Å². The average molecular weight is 272 g/mol. The van der Waals surface area contributed by atoms with Gasteiger partial charge in [-0.25, -0.2) is 4.98 Å². The van der Waals surface area contributed by atoms with E-state index in [-0.39, 0.29) is 0 Å². The number of hydrogen-bond acceptors (Lipinski definition) is 2. The van der Waals surface area contributed by atoms with E-state index in [0.717, 1.165) is 11.4 Å². The molecule has 0 aliphatic carbocycles. The van der Waals surface area contributed by atoms with Crippen molar-refractivity contribution in [1.82, 2.24) is 14.5 Å². The number of alkyl halides is 1. The molecule has 4 heteroatoms. The lowest BCUT2D eigenvalue weighted by atomic mass is 10.1. The second-order valence-corrected chi connectivity index (χ2v) is 5.47. The molecule has 0 N–H and O–H groups in total. The summed E-state index contributed by atoms with van der Waals surface area (Å²) >= 11 is 3.68. The summed E-state index contributed by atoms with van der Waals surface area (Å²) in [7, 11) is 0. The molecule has 1 fully saturated rings. The summed E-state index contributed by atoms with van der Waals surface area (Å²) in [6.45, 7) is 4.81. The van der Waals surface area contributed by atoms with Crippen LogP contribution < -0.4 is 0 Å². The minimum atomic E-state index is 0.752. The van der Waals surface area contributed by atoms with E-state index in [2.05, 4.69) is 30.4 Å². The molecule has 15 heavy (non-hydrogen) atoms. The summed E-state index contributed by atoms with van der Waals surface area (Å²) in [6, 6.07) is 0. The molecule has 0 radical (unpaired) electrons. The van der Waals surface area contributed by atoms with Gasteiger partial charge in [-0.2, -0.15) is 0 Å². The molecular formula is C11H18BrN3. The summed E-state index contributed by atoms with van der Waals surface area (Å²) in [6.07, 6.45) is 9.59. The fourth-order valence-corrected chi connectivity index (χ4v) is 2.43. The van der Waals surface area contributed by atoms with Gasteiger partial charge in [-0.05, 0) is 38.9 Å². The van der Waals surface area contributed by atoms with Gasteiger partial charge in [-0.1, -0.05) is 15.9 Å². The van der Waals surface area contributed by atoms with Gasteiger partial charge in [0.15, 0.2) is 0 Å². The maximum Gasteiger partial charge on any atom is 0.0945 e. The number of rotatable bonds is 4. The highest BCUT2D eigenvalue weighted by molar-refractivity contribution is 9.09. The van der Waals surface area contributed by atoms with Crippen molar-refractivity contribution in [3.8, 4) is 0 Å². The first-order chi connectivity index (χ1) is 7.34. The first-order valence-electron chi connectivity index (χ1n) is 5.67. The van der Waals surface area contributed by atoms with Crippen LogP contribution in [0.5, 0.6) is 0 Å². The minimum absolute atomic E-state index is 0.752. The number of likely N-dealkylation sites (tertiary alicyclic amines) is 1. The van der Waals surface area contributed by atoms with E-state index in [1.54, 1.807) is 0 Å². The first kappa shape index (κ1) is 11.1. The Labute approximate surface area is 99.6 Å². The Morgan fingerprint density at radius 2 is 2.07 bits per heavy atom. The zero-order chi connectivity index (χ0) is 10.5. The summed E-state index contributed by atoms with van der Waals surface area (Å²) in [5.41, 5.74) is 0. The standard InChI is InChI=1S/C11H18BrN3/c12-11-2-7-14(8-3-11)5-1-6-15-9-4-13-10-15/h4,9-11H,1-3,5-8H2. The number of imidazole rings is 1. The number of hydrogen-bond donors (Lipinski definition) is 0. The van der Waals surface area contributed by atoms with Crippen LogP contribution in [0, 0.1) is 0 Å². The molecule has 1 aliphatic rings. The zero-order valence-corrected chi connectivity index (χ0v) is 10.6. The van der Waals surface area contributed by atoms with Crippen molar-refractivity contribution in [3.63, 3.8) is 0 Å². The summed E-state index contributed by atoms with van der Waals surface area (Å²) in [5, 5.41) is 0. The lowest BCUT2D eigenvalue weighted by molar-refractivity contribution is 0.228. The van der Waals surface area contributed by atoms with Crippen LogP contribution >= 0.6 is 15.9 Å². The number of piperidine rings is 1. The highest BCUT2D eigenvalue weighted by Gasteiger charge is 2.15. The second kappa shape index (κ2) is 5.66. The molecule has 1 aromatic heterocycles. The van der Waals surface area contributed by atoms with Gasteiger partial charge >= 0.3 is 0 Å². The Balaban J connectivity index is 1.62. The summed E-state index contributed by atoms with van der Waals surface area (Å²) in [5.74, 6) is 0. The molecule has 3 nitrogen and oxygen atoms in total. The van der Waals surface area contributed by atoms with Crippen molar-refractivity contribution in [1.29, 1.82) is 0 Å². The number of aryl methyl sites for hydroxylation is 1. The molecule has 2 heterocycles. The van der Waals surface area contributed by atoms with Crippen LogP contribution in [0.3, 0.4) is 0 Å². The monoisotopic (exact) mass is 271 g/mol. The Hall–Kier alpha value is -0.350. The highest BCUT2D eigenvalue weighted by Crippen LogP contribution is 2.17. The molecule has 0 amide bonds. The normalized spacial score (nSPS) is 19.5. The molecule has 0 saturated carbocycles. The van der Waals surface area contributed by atoms with Gasteiger partial charge in [0.05, 0.1) is 6.33 Å². The van der Waals surface area contributed by atoms with Crippen LogP contribution in [0.1, 0.15) is 19.3 Å². The van der Waals surface area contributed by atoms with Crippen molar-refractivity contribution in [2.24, 2.45) is 0 Å². The lowest BCUT2D eigenvalue weighted by Crippen LogP contribution is -2.34.